The number of hydrogen-bond donors (Lipinski definition) is 1. The number of hydrogen-bond acceptors (Lipinski definition) is 4. The minimum atomic E-state index is -1.12. The van der Waals surface area contributed by atoms with Gasteiger partial charge < -0.3 is 14.7 Å². The van der Waals surface area contributed by atoms with E-state index in [1.54, 1.807) is 11.0 Å². The Labute approximate surface area is 123 Å². The quantitative estimate of drug-likeness (QED) is 0.809. The van der Waals surface area contributed by atoms with Crippen LogP contribution in [0.15, 0.2) is 18.3 Å². The van der Waals surface area contributed by atoms with Crippen molar-refractivity contribution in [2.75, 3.05) is 13.1 Å². The first-order valence-electron chi connectivity index (χ1n) is 7.02. The predicted molar refractivity (Wildman–Crippen MR) is 75.1 cm³/mol. The Bertz CT molecular complexity index is 520. The molecule has 116 valence electrons. The van der Waals surface area contributed by atoms with E-state index < -0.39 is 17.1 Å². The zero-order valence-corrected chi connectivity index (χ0v) is 12.6. The number of pyridine rings is 1. The average Bonchev–Trinajstić information content (AvgIpc) is 2.37. The molecule has 1 N–H and O–H groups in total. The van der Waals surface area contributed by atoms with Gasteiger partial charge in [0.1, 0.15) is 5.60 Å². The first-order chi connectivity index (χ1) is 9.70. The van der Waals surface area contributed by atoms with E-state index in [0.29, 0.717) is 31.5 Å². The van der Waals surface area contributed by atoms with E-state index in [-0.39, 0.29) is 6.09 Å². The van der Waals surface area contributed by atoms with Gasteiger partial charge in [-0.05, 0) is 51.3 Å². The molecular formula is C15H21FN2O3. The summed E-state index contributed by atoms with van der Waals surface area (Å²) < 4.78 is 18.5. The summed E-state index contributed by atoms with van der Waals surface area (Å²) in [5, 5.41) is 10.6. The van der Waals surface area contributed by atoms with Gasteiger partial charge in [0, 0.05) is 19.3 Å². The number of piperidine rings is 1. The summed E-state index contributed by atoms with van der Waals surface area (Å²) in [6, 6.07) is 2.84. The molecule has 0 atom stereocenters. The molecule has 1 aliphatic rings. The van der Waals surface area contributed by atoms with Gasteiger partial charge >= 0.3 is 6.09 Å². The molecule has 1 aromatic rings. The number of rotatable bonds is 1. The van der Waals surface area contributed by atoms with Crippen molar-refractivity contribution in [3.63, 3.8) is 0 Å². The van der Waals surface area contributed by atoms with Gasteiger partial charge in [-0.15, -0.1) is 0 Å². The average molecular weight is 296 g/mol. The van der Waals surface area contributed by atoms with Gasteiger partial charge in [-0.1, -0.05) is 0 Å². The summed E-state index contributed by atoms with van der Waals surface area (Å²) in [6.07, 6.45) is 1.64. The van der Waals surface area contributed by atoms with Gasteiger partial charge in [0.15, 0.2) is 0 Å². The van der Waals surface area contributed by atoms with Gasteiger partial charge in [-0.2, -0.15) is 4.39 Å². The molecule has 0 bridgehead atoms. The number of halogens is 1. The molecule has 0 aliphatic carbocycles. The Kier molecular flexibility index (Phi) is 4.18. The van der Waals surface area contributed by atoms with Crippen LogP contribution < -0.4 is 0 Å². The molecule has 1 saturated heterocycles. The van der Waals surface area contributed by atoms with Crippen LogP contribution in [0.1, 0.15) is 39.2 Å². The molecule has 1 amide bonds. The van der Waals surface area contributed by atoms with Gasteiger partial charge in [0.25, 0.3) is 0 Å². The van der Waals surface area contributed by atoms with Crippen LogP contribution in [0, 0.1) is 5.95 Å². The van der Waals surface area contributed by atoms with E-state index >= 15 is 0 Å². The largest absolute Gasteiger partial charge is 0.444 e. The highest BCUT2D eigenvalue weighted by Crippen LogP contribution is 2.33. The number of nitrogens with zero attached hydrogens (tertiary/aromatic N) is 2. The Morgan fingerprint density at radius 2 is 2.05 bits per heavy atom. The highest BCUT2D eigenvalue weighted by Gasteiger charge is 2.36. The lowest BCUT2D eigenvalue weighted by atomic mass is 9.85. The molecule has 0 unspecified atom stereocenters. The lowest BCUT2D eigenvalue weighted by Gasteiger charge is -2.38. The molecule has 2 heterocycles. The Balaban J connectivity index is 2.01. The minimum Gasteiger partial charge on any atom is -0.444 e. The third-order valence-corrected chi connectivity index (χ3v) is 3.51. The third kappa shape index (κ3) is 3.91. The number of carbonyl (C=O) groups excluding carboxylic acids is 1. The highest BCUT2D eigenvalue weighted by atomic mass is 19.1. The van der Waals surface area contributed by atoms with E-state index in [1.807, 2.05) is 20.8 Å². The van der Waals surface area contributed by atoms with Gasteiger partial charge in [-0.25, -0.2) is 9.78 Å². The van der Waals surface area contributed by atoms with Crippen molar-refractivity contribution >= 4 is 6.09 Å². The first-order valence-corrected chi connectivity index (χ1v) is 7.02. The number of carbonyl (C=O) groups is 1. The van der Waals surface area contributed by atoms with Crippen molar-refractivity contribution in [2.45, 2.75) is 44.8 Å². The zero-order valence-electron chi connectivity index (χ0n) is 12.6. The summed E-state index contributed by atoms with van der Waals surface area (Å²) in [4.78, 5) is 17.0. The van der Waals surface area contributed by atoms with Gasteiger partial charge in [0.05, 0.1) is 5.60 Å². The van der Waals surface area contributed by atoms with Gasteiger partial charge in [0.2, 0.25) is 5.95 Å². The van der Waals surface area contributed by atoms with Crippen molar-refractivity contribution in [1.82, 2.24) is 9.88 Å². The molecule has 5 nitrogen and oxygen atoms in total. The fraction of sp³-hybridized carbons (Fsp3) is 0.600. The van der Waals surface area contributed by atoms with Crippen molar-refractivity contribution in [3.8, 4) is 0 Å². The maximum Gasteiger partial charge on any atom is 0.410 e. The molecule has 0 aromatic carbocycles. The molecule has 0 radical (unpaired) electrons. The second-order valence-electron chi connectivity index (χ2n) is 6.37. The second-order valence-corrected chi connectivity index (χ2v) is 6.37. The Morgan fingerprint density at radius 3 is 2.57 bits per heavy atom. The second kappa shape index (κ2) is 5.60. The molecule has 1 aromatic heterocycles. The fourth-order valence-electron chi connectivity index (χ4n) is 2.37. The Morgan fingerprint density at radius 1 is 1.43 bits per heavy atom. The van der Waals surface area contributed by atoms with Crippen LogP contribution in [0.4, 0.5) is 9.18 Å². The van der Waals surface area contributed by atoms with Crippen molar-refractivity contribution in [1.29, 1.82) is 0 Å². The summed E-state index contributed by atoms with van der Waals surface area (Å²) >= 11 is 0. The van der Waals surface area contributed by atoms with Gasteiger partial charge in [-0.3, -0.25) is 0 Å². The van der Waals surface area contributed by atoms with Crippen molar-refractivity contribution in [3.05, 3.63) is 29.8 Å². The first kappa shape index (κ1) is 15.7. The van der Waals surface area contributed by atoms with E-state index in [4.69, 9.17) is 4.74 Å². The molecule has 1 aliphatic heterocycles. The predicted octanol–water partition coefficient (Wildman–Crippen LogP) is 2.44. The SMILES string of the molecule is CC(C)(C)OC(=O)N1CCC(O)(c2ccnc(F)c2)CC1. The van der Waals surface area contributed by atoms with Crippen LogP contribution in [0.2, 0.25) is 0 Å². The third-order valence-electron chi connectivity index (χ3n) is 3.51. The van der Waals surface area contributed by atoms with Crippen LogP contribution in [-0.4, -0.2) is 39.8 Å². The smallest absolute Gasteiger partial charge is 0.410 e. The maximum absolute atomic E-state index is 13.2. The summed E-state index contributed by atoms with van der Waals surface area (Å²) in [5.74, 6) is -0.615. The van der Waals surface area contributed by atoms with E-state index in [1.165, 1.54) is 12.3 Å². The molecule has 2 rings (SSSR count). The molecular weight excluding hydrogens is 275 g/mol. The van der Waals surface area contributed by atoms with Crippen molar-refractivity contribution < 1.29 is 19.0 Å². The lowest BCUT2D eigenvalue weighted by molar-refractivity contribution is -0.0358. The highest BCUT2D eigenvalue weighted by molar-refractivity contribution is 5.68. The molecule has 0 spiro atoms. The van der Waals surface area contributed by atoms with Crippen LogP contribution in [0.25, 0.3) is 0 Å². The molecule has 1 fully saturated rings. The number of aliphatic hydroxyl groups is 1. The Hall–Kier alpha value is -1.69. The monoisotopic (exact) mass is 296 g/mol. The van der Waals surface area contributed by atoms with Crippen LogP contribution in [0.5, 0.6) is 0 Å². The topological polar surface area (TPSA) is 62.7 Å². The van der Waals surface area contributed by atoms with Crippen LogP contribution >= 0.6 is 0 Å². The normalized spacial score (nSPS) is 18.4. The standard InChI is InChI=1S/C15H21FN2O3/c1-14(2,3)21-13(19)18-8-5-15(20,6-9-18)11-4-7-17-12(16)10-11/h4,7,10,20H,5-6,8-9H2,1-3H3. The minimum absolute atomic E-state index is 0.343. The molecule has 6 heteroatoms. The van der Waals surface area contributed by atoms with Crippen molar-refractivity contribution in [2.24, 2.45) is 0 Å². The summed E-state index contributed by atoms with van der Waals surface area (Å²) in [5.41, 5.74) is -1.17. The maximum atomic E-state index is 13.2. The lowest BCUT2D eigenvalue weighted by Crippen LogP contribution is -2.46. The number of ether oxygens (including phenoxy) is 1. The van der Waals surface area contributed by atoms with Crippen LogP contribution in [0.3, 0.4) is 0 Å². The number of amides is 1. The number of aromatic nitrogens is 1. The fourth-order valence-corrected chi connectivity index (χ4v) is 2.37. The van der Waals surface area contributed by atoms with E-state index in [0.717, 1.165) is 0 Å². The zero-order chi connectivity index (χ0) is 15.7. The number of likely N-dealkylation sites (tertiary alicyclic amines) is 1. The van der Waals surface area contributed by atoms with Crippen LogP contribution in [-0.2, 0) is 10.3 Å². The molecule has 21 heavy (non-hydrogen) atoms. The van der Waals surface area contributed by atoms with E-state index in [2.05, 4.69) is 4.98 Å². The summed E-state index contributed by atoms with van der Waals surface area (Å²) in [7, 11) is 0. The van der Waals surface area contributed by atoms with E-state index in [9.17, 15) is 14.3 Å². The molecule has 0 saturated carbocycles. The summed E-state index contributed by atoms with van der Waals surface area (Å²) in [6.45, 7) is 6.17.